The third kappa shape index (κ3) is 5.08. The van der Waals surface area contributed by atoms with Gasteiger partial charge >= 0.3 is 6.09 Å². The maximum atomic E-state index is 12.6. The molecule has 1 aliphatic rings. The first-order valence-corrected chi connectivity index (χ1v) is 8.74. The van der Waals surface area contributed by atoms with Crippen molar-refractivity contribution >= 4 is 23.4 Å². The molecule has 1 aromatic carbocycles. The number of hydrogen-bond donors (Lipinski definition) is 2. The summed E-state index contributed by atoms with van der Waals surface area (Å²) in [5.74, 6) is 0.204. The van der Waals surface area contributed by atoms with E-state index in [9.17, 15) is 9.59 Å². The van der Waals surface area contributed by atoms with Gasteiger partial charge in [-0.05, 0) is 43.4 Å². The van der Waals surface area contributed by atoms with Crippen LogP contribution < -0.4 is 10.6 Å². The minimum absolute atomic E-state index is 0.00248. The second-order valence-electron chi connectivity index (χ2n) is 7.39. The lowest BCUT2D eigenvalue weighted by atomic mass is 10.1. The monoisotopic (exact) mass is 360 g/mol. The Morgan fingerprint density at radius 3 is 2.42 bits per heavy atom. The van der Waals surface area contributed by atoms with Crippen molar-refractivity contribution in [3.8, 4) is 0 Å². The lowest BCUT2D eigenvalue weighted by Gasteiger charge is -2.10. The lowest BCUT2D eigenvalue weighted by molar-refractivity contribution is -0.118. The summed E-state index contributed by atoms with van der Waals surface area (Å²) in [6.45, 7) is 8.83. The first-order chi connectivity index (χ1) is 12.3. The van der Waals surface area contributed by atoms with Gasteiger partial charge in [-0.15, -0.1) is 0 Å². The first kappa shape index (κ1) is 20.0. The summed E-state index contributed by atoms with van der Waals surface area (Å²) in [5.41, 5.74) is 2.38. The van der Waals surface area contributed by atoms with Crippen LogP contribution in [0.5, 0.6) is 0 Å². The molecule has 0 heterocycles. The van der Waals surface area contributed by atoms with Crippen molar-refractivity contribution in [1.82, 2.24) is 0 Å². The van der Waals surface area contributed by atoms with Crippen molar-refractivity contribution in [2.75, 3.05) is 31.0 Å². The maximum absolute atomic E-state index is 12.6. The quantitative estimate of drug-likeness (QED) is 0.568. The van der Waals surface area contributed by atoms with E-state index in [4.69, 9.17) is 9.47 Å². The van der Waals surface area contributed by atoms with Crippen LogP contribution in [0.4, 0.5) is 16.2 Å². The van der Waals surface area contributed by atoms with Crippen molar-refractivity contribution in [3.05, 3.63) is 35.9 Å². The number of allylic oxidation sites excluding steroid dienone is 2. The summed E-state index contributed by atoms with van der Waals surface area (Å²) in [4.78, 5) is 24.3. The predicted octanol–water partition coefficient (Wildman–Crippen LogP) is 4.06. The highest BCUT2D eigenvalue weighted by molar-refractivity contribution is 5.96. The highest BCUT2D eigenvalue weighted by Gasteiger charge is 2.60. The molecule has 0 saturated heterocycles. The molecular weight excluding hydrogens is 332 g/mol. The van der Waals surface area contributed by atoms with Gasteiger partial charge in [0.25, 0.3) is 0 Å². The molecule has 0 radical (unpaired) electrons. The summed E-state index contributed by atoms with van der Waals surface area (Å²) in [7, 11) is 1.54. The largest absolute Gasteiger partial charge is 0.447 e. The molecule has 0 spiro atoms. The van der Waals surface area contributed by atoms with Gasteiger partial charge in [0.2, 0.25) is 5.91 Å². The lowest BCUT2D eigenvalue weighted by Crippen LogP contribution is -2.18. The topological polar surface area (TPSA) is 76.7 Å². The third-order valence-corrected chi connectivity index (χ3v) is 4.60. The molecule has 1 aromatic rings. The average Bonchev–Trinajstić information content (AvgIpc) is 3.07. The molecule has 1 fully saturated rings. The molecule has 6 heteroatoms. The molecule has 2 unspecified atom stereocenters. The zero-order valence-electron chi connectivity index (χ0n) is 16.1. The van der Waals surface area contributed by atoms with Gasteiger partial charge in [0.1, 0.15) is 6.61 Å². The van der Waals surface area contributed by atoms with Crippen LogP contribution in [0, 0.1) is 17.3 Å². The standard InChI is InChI=1S/C20H28N2O4/c1-13(2)11-16-17(20(16,3)4)18(23)21-14-7-6-8-15(12-14)22-19(24)26-10-9-25-5/h6-8,11-12,16-17H,9-10H2,1-5H3,(H,21,23)(H,22,24). The van der Waals surface area contributed by atoms with Crippen LogP contribution in [-0.2, 0) is 14.3 Å². The molecule has 1 aliphatic carbocycles. The number of carbonyl (C=O) groups excluding carboxylic acids is 2. The Kier molecular flexibility index (Phi) is 6.42. The minimum Gasteiger partial charge on any atom is -0.447 e. The van der Waals surface area contributed by atoms with Crippen LogP contribution in [-0.4, -0.2) is 32.3 Å². The summed E-state index contributed by atoms with van der Waals surface area (Å²) in [5, 5.41) is 5.58. The number of nitrogens with one attached hydrogen (secondary N) is 2. The fraction of sp³-hybridized carbons (Fsp3) is 0.500. The smallest absolute Gasteiger partial charge is 0.411 e. The second kappa shape index (κ2) is 8.36. The first-order valence-electron chi connectivity index (χ1n) is 8.74. The fourth-order valence-corrected chi connectivity index (χ4v) is 3.11. The molecule has 26 heavy (non-hydrogen) atoms. The van der Waals surface area contributed by atoms with Crippen LogP contribution in [0.1, 0.15) is 27.7 Å². The average molecular weight is 360 g/mol. The van der Waals surface area contributed by atoms with Crippen LogP contribution >= 0.6 is 0 Å². The van der Waals surface area contributed by atoms with E-state index in [0.717, 1.165) is 0 Å². The van der Waals surface area contributed by atoms with Gasteiger partial charge in [-0.3, -0.25) is 10.1 Å². The molecule has 2 atom stereocenters. The molecule has 0 bridgehead atoms. The number of hydrogen-bond acceptors (Lipinski definition) is 4. The highest BCUT2D eigenvalue weighted by atomic mass is 16.6. The van der Waals surface area contributed by atoms with Gasteiger partial charge in [0.05, 0.1) is 12.5 Å². The number of benzene rings is 1. The van der Waals surface area contributed by atoms with Crippen molar-refractivity contribution < 1.29 is 19.1 Å². The minimum atomic E-state index is -0.558. The van der Waals surface area contributed by atoms with Crippen LogP contribution in [0.3, 0.4) is 0 Å². The Morgan fingerprint density at radius 1 is 1.15 bits per heavy atom. The number of ether oxygens (including phenoxy) is 2. The van der Waals surface area contributed by atoms with Gasteiger partial charge in [-0.2, -0.15) is 0 Å². The van der Waals surface area contributed by atoms with E-state index in [1.807, 2.05) is 13.8 Å². The van der Waals surface area contributed by atoms with Crippen molar-refractivity contribution in [2.24, 2.45) is 17.3 Å². The SMILES string of the molecule is COCCOC(=O)Nc1cccc(NC(=O)C2C(C=C(C)C)C2(C)C)c1. The zero-order valence-corrected chi connectivity index (χ0v) is 16.1. The molecule has 0 aromatic heterocycles. The molecule has 2 rings (SSSR count). The van der Waals surface area contributed by atoms with Crippen molar-refractivity contribution in [3.63, 3.8) is 0 Å². The summed E-state index contributed by atoms with van der Waals surface area (Å²) in [6, 6.07) is 7.01. The van der Waals surface area contributed by atoms with E-state index in [-0.39, 0.29) is 29.8 Å². The van der Waals surface area contributed by atoms with Crippen LogP contribution in [0.15, 0.2) is 35.9 Å². The Labute approximate surface area is 154 Å². The van der Waals surface area contributed by atoms with Gasteiger partial charge in [-0.25, -0.2) is 4.79 Å². The predicted molar refractivity (Wildman–Crippen MR) is 102 cm³/mol. The van der Waals surface area contributed by atoms with Gasteiger partial charge in [0, 0.05) is 18.5 Å². The normalized spacial score (nSPS) is 20.0. The number of carbonyl (C=O) groups is 2. The Hall–Kier alpha value is -2.34. The Balaban J connectivity index is 1.95. The molecule has 142 valence electrons. The van der Waals surface area contributed by atoms with Gasteiger partial charge in [0.15, 0.2) is 0 Å². The van der Waals surface area contributed by atoms with Crippen molar-refractivity contribution in [1.29, 1.82) is 0 Å². The number of rotatable bonds is 7. The van der Waals surface area contributed by atoms with Crippen molar-refractivity contribution in [2.45, 2.75) is 27.7 Å². The molecule has 0 aliphatic heterocycles. The fourth-order valence-electron chi connectivity index (χ4n) is 3.11. The Bertz CT molecular complexity index is 693. The summed E-state index contributed by atoms with van der Waals surface area (Å²) >= 11 is 0. The highest BCUT2D eigenvalue weighted by Crippen LogP contribution is 2.59. The number of anilines is 2. The molecule has 1 saturated carbocycles. The van der Waals surface area contributed by atoms with Gasteiger partial charge in [-0.1, -0.05) is 31.6 Å². The Morgan fingerprint density at radius 2 is 1.81 bits per heavy atom. The summed E-state index contributed by atoms with van der Waals surface area (Å²) < 4.78 is 9.79. The van der Waals surface area contributed by atoms with E-state index in [1.165, 1.54) is 12.7 Å². The maximum Gasteiger partial charge on any atom is 0.411 e. The molecule has 2 amide bonds. The number of methoxy groups -OCH3 is 1. The molecule has 2 N–H and O–H groups in total. The van der Waals surface area contributed by atoms with E-state index in [0.29, 0.717) is 18.0 Å². The summed E-state index contributed by atoms with van der Waals surface area (Å²) in [6.07, 6.45) is 1.61. The van der Waals surface area contributed by atoms with E-state index >= 15 is 0 Å². The third-order valence-electron chi connectivity index (χ3n) is 4.60. The van der Waals surface area contributed by atoms with Crippen LogP contribution in [0.25, 0.3) is 0 Å². The van der Waals surface area contributed by atoms with E-state index in [2.05, 4.69) is 30.6 Å². The van der Waals surface area contributed by atoms with E-state index < -0.39 is 6.09 Å². The van der Waals surface area contributed by atoms with Gasteiger partial charge < -0.3 is 14.8 Å². The van der Waals surface area contributed by atoms with E-state index in [1.54, 1.807) is 24.3 Å². The second-order valence-corrected chi connectivity index (χ2v) is 7.39. The van der Waals surface area contributed by atoms with Crippen LogP contribution in [0.2, 0.25) is 0 Å². The zero-order chi connectivity index (χ0) is 19.3. The molecule has 6 nitrogen and oxygen atoms in total. The number of amides is 2. The molecular formula is C20H28N2O4.